The fourth-order valence-corrected chi connectivity index (χ4v) is 6.35. The van der Waals surface area contributed by atoms with Gasteiger partial charge in [-0.05, 0) is 49.2 Å². The highest BCUT2D eigenvalue weighted by Crippen LogP contribution is 2.34. The summed E-state index contributed by atoms with van der Waals surface area (Å²) in [5.41, 5.74) is 8.98. The number of benzene rings is 2. The quantitative estimate of drug-likeness (QED) is 0.167. The number of carbonyl (C=O) groups excluding carboxylic acids is 1. The van der Waals surface area contributed by atoms with Gasteiger partial charge in [0.15, 0.2) is 11.6 Å². The molecule has 16 heteroatoms. The Morgan fingerprint density at radius 3 is 2.55 bits per heavy atom. The fraction of sp³-hybridized carbons (Fsp3) is 0.258. The number of hydrogen-bond acceptors (Lipinski definition) is 9. The first-order chi connectivity index (χ1) is 22.5. The molecule has 0 aliphatic carbocycles. The second-order valence-electron chi connectivity index (χ2n) is 10.8. The van der Waals surface area contributed by atoms with E-state index in [1.807, 2.05) is 4.90 Å². The Labute approximate surface area is 267 Å². The summed E-state index contributed by atoms with van der Waals surface area (Å²) in [5, 5.41) is 4.93. The minimum atomic E-state index is -3.84. The van der Waals surface area contributed by atoms with Crippen molar-refractivity contribution >= 4 is 43.9 Å². The van der Waals surface area contributed by atoms with E-state index < -0.39 is 39.9 Å². The van der Waals surface area contributed by atoms with E-state index in [0.29, 0.717) is 59.8 Å². The SMILES string of the molecule is Cc1cc(Oc2c(F)cccc2F)ncc1-n1ncc(C(=O)c2cc3cc(N4CCOCC4)c(NS(=O)(=O)CCCF)cc3[nH]2)c1N. The van der Waals surface area contributed by atoms with Crippen molar-refractivity contribution in [3.05, 3.63) is 83.3 Å². The average Bonchev–Trinajstić information content (AvgIpc) is 3.64. The zero-order valence-corrected chi connectivity index (χ0v) is 25.9. The zero-order valence-electron chi connectivity index (χ0n) is 25.1. The van der Waals surface area contributed by atoms with Gasteiger partial charge in [0.05, 0.1) is 66.4 Å². The van der Waals surface area contributed by atoms with Crippen LogP contribution in [0.3, 0.4) is 0 Å². The van der Waals surface area contributed by atoms with E-state index >= 15 is 0 Å². The van der Waals surface area contributed by atoms with E-state index in [0.717, 1.165) is 12.1 Å². The van der Waals surface area contributed by atoms with E-state index in [1.54, 1.807) is 25.1 Å². The Hall–Kier alpha value is -5.09. The Bertz CT molecular complexity index is 2060. The maximum Gasteiger partial charge on any atom is 0.232 e. The van der Waals surface area contributed by atoms with E-state index in [-0.39, 0.29) is 35.1 Å². The second-order valence-corrected chi connectivity index (χ2v) is 12.7. The van der Waals surface area contributed by atoms with Crippen molar-refractivity contribution in [1.29, 1.82) is 0 Å². The predicted molar refractivity (Wildman–Crippen MR) is 170 cm³/mol. The van der Waals surface area contributed by atoms with Gasteiger partial charge >= 0.3 is 0 Å². The van der Waals surface area contributed by atoms with Crippen LogP contribution in [-0.4, -0.2) is 72.7 Å². The molecule has 1 fully saturated rings. The Balaban J connectivity index is 1.29. The molecule has 246 valence electrons. The van der Waals surface area contributed by atoms with Gasteiger partial charge in [0.1, 0.15) is 5.82 Å². The van der Waals surface area contributed by atoms with Crippen molar-refractivity contribution in [3.8, 4) is 17.3 Å². The van der Waals surface area contributed by atoms with Gasteiger partial charge in [-0.25, -0.2) is 26.9 Å². The normalized spacial score (nSPS) is 13.7. The van der Waals surface area contributed by atoms with E-state index in [2.05, 4.69) is 19.8 Å². The first-order valence-electron chi connectivity index (χ1n) is 14.6. The standard InChI is InChI=1S/C31H30F3N7O5S/c1-18-12-28(46-30-21(33)4-2-5-22(30)34)36-17-27(18)41-31(35)20(16-37-41)29(42)25-13-19-14-26(40-7-9-45-10-8-40)24(15-23(19)38-25)39-47(43,44)11-3-6-32/h2,4-5,12-17,38-39H,3,6-11,35H2,1H3. The minimum absolute atomic E-state index is 0.0164. The number of aromatic nitrogens is 4. The highest BCUT2D eigenvalue weighted by atomic mass is 32.2. The molecule has 0 unspecified atom stereocenters. The number of nitrogens with one attached hydrogen (secondary N) is 2. The number of halogens is 3. The molecule has 2 aromatic carbocycles. The lowest BCUT2D eigenvalue weighted by atomic mass is 10.1. The number of aryl methyl sites for hydroxylation is 1. The molecule has 0 saturated carbocycles. The van der Waals surface area contributed by atoms with E-state index in [4.69, 9.17) is 15.2 Å². The second kappa shape index (κ2) is 13.0. The summed E-state index contributed by atoms with van der Waals surface area (Å²) in [6.45, 7) is 2.90. The first kappa shape index (κ1) is 31.9. The number of anilines is 3. The number of carbonyl (C=O) groups is 1. The van der Waals surface area contributed by atoms with Crippen LogP contribution in [0.4, 0.5) is 30.4 Å². The van der Waals surface area contributed by atoms with Crippen LogP contribution < -0.4 is 20.1 Å². The molecule has 0 amide bonds. The lowest BCUT2D eigenvalue weighted by molar-refractivity contribution is 0.103. The molecule has 0 radical (unpaired) electrons. The highest BCUT2D eigenvalue weighted by Gasteiger charge is 2.24. The number of H-pyrrole nitrogens is 1. The average molecular weight is 670 g/mol. The monoisotopic (exact) mass is 669 g/mol. The molecular formula is C31H30F3N7O5S. The molecule has 3 aromatic heterocycles. The number of alkyl halides is 1. The van der Waals surface area contributed by atoms with Gasteiger partial charge in [0.25, 0.3) is 0 Å². The van der Waals surface area contributed by atoms with Crippen LogP contribution in [0.15, 0.2) is 54.9 Å². The number of nitrogens with zero attached hydrogens (tertiary/aromatic N) is 4. The Morgan fingerprint density at radius 2 is 1.85 bits per heavy atom. The smallest absolute Gasteiger partial charge is 0.232 e. The van der Waals surface area contributed by atoms with Gasteiger partial charge < -0.3 is 25.1 Å². The topological polar surface area (TPSA) is 157 Å². The summed E-state index contributed by atoms with van der Waals surface area (Å²) in [6.07, 6.45) is 2.53. The lowest BCUT2D eigenvalue weighted by Crippen LogP contribution is -2.36. The van der Waals surface area contributed by atoms with Crippen LogP contribution in [0, 0.1) is 18.6 Å². The summed E-state index contributed by atoms with van der Waals surface area (Å²) in [7, 11) is -3.84. The van der Waals surface area contributed by atoms with Crippen molar-refractivity contribution in [1.82, 2.24) is 19.7 Å². The van der Waals surface area contributed by atoms with Crippen LogP contribution in [0.5, 0.6) is 11.6 Å². The summed E-state index contributed by atoms with van der Waals surface area (Å²) >= 11 is 0. The summed E-state index contributed by atoms with van der Waals surface area (Å²) < 4.78 is 80.9. The third-order valence-corrected chi connectivity index (χ3v) is 8.97. The van der Waals surface area contributed by atoms with E-state index in [9.17, 15) is 26.4 Å². The highest BCUT2D eigenvalue weighted by molar-refractivity contribution is 7.92. The molecule has 1 aliphatic rings. The molecule has 1 saturated heterocycles. The van der Waals surface area contributed by atoms with Gasteiger partial charge in [-0.2, -0.15) is 5.10 Å². The molecular weight excluding hydrogens is 639 g/mol. The van der Waals surface area contributed by atoms with Crippen molar-refractivity contribution in [2.24, 2.45) is 0 Å². The van der Waals surface area contributed by atoms with E-state index in [1.165, 1.54) is 29.2 Å². The third-order valence-electron chi connectivity index (χ3n) is 7.61. The van der Waals surface area contributed by atoms with Gasteiger partial charge in [-0.15, -0.1) is 0 Å². The number of para-hydroxylation sites is 1. The summed E-state index contributed by atoms with van der Waals surface area (Å²) in [6, 6.07) is 9.82. The molecule has 5 aromatic rings. The Morgan fingerprint density at radius 1 is 1.11 bits per heavy atom. The molecule has 47 heavy (non-hydrogen) atoms. The zero-order chi connectivity index (χ0) is 33.3. The number of hydrogen-bond donors (Lipinski definition) is 3. The van der Waals surface area contributed by atoms with Crippen LogP contribution in [-0.2, 0) is 14.8 Å². The maximum absolute atomic E-state index is 14.0. The van der Waals surface area contributed by atoms with Gasteiger partial charge in [0, 0.05) is 30.1 Å². The number of pyridine rings is 1. The number of nitrogen functional groups attached to an aromatic ring is 1. The molecule has 4 heterocycles. The van der Waals surface area contributed by atoms with Crippen molar-refractivity contribution in [3.63, 3.8) is 0 Å². The molecule has 6 rings (SSSR count). The van der Waals surface area contributed by atoms with Crippen molar-refractivity contribution in [2.45, 2.75) is 13.3 Å². The molecule has 0 spiro atoms. The van der Waals surface area contributed by atoms with Crippen LogP contribution >= 0.6 is 0 Å². The first-order valence-corrected chi connectivity index (χ1v) is 16.2. The number of aromatic amines is 1. The van der Waals surface area contributed by atoms with Gasteiger partial charge in [0.2, 0.25) is 27.4 Å². The number of ether oxygens (including phenoxy) is 2. The van der Waals surface area contributed by atoms with Gasteiger partial charge in [-0.1, -0.05) is 6.07 Å². The number of fused-ring (bicyclic) bond motifs is 1. The van der Waals surface area contributed by atoms with Crippen LogP contribution in [0.25, 0.3) is 16.6 Å². The molecule has 12 nitrogen and oxygen atoms in total. The minimum Gasteiger partial charge on any atom is -0.433 e. The number of nitrogens with two attached hydrogens (primary N) is 1. The molecule has 0 atom stereocenters. The summed E-state index contributed by atoms with van der Waals surface area (Å²) in [4.78, 5) is 22.8. The largest absolute Gasteiger partial charge is 0.433 e. The van der Waals surface area contributed by atoms with Gasteiger partial charge in [-0.3, -0.25) is 13.9 Å². The third kappa shape index (κ3) is 6.59. The number of rotatable bonds is 11. The molecule has 4 N–H and O–H groups in total. The molecule has 1 aliphatic heterocycles. The summed E-state index contributed by atoms with van der Waals surface area (Å²) in [5.74, 6) is -3.24. The molecule has 0 bridgehead atoms. The number of sulfonamides is 1. The van der Waals surface area contributed by atoms with Crippen LogP contribution in [0.2, 0.25) is 0 Å². The number of ketones is 1. The van der Waals surface area contributed by atoms with Crippen molar-refractivity contribution in [2.75, 3.05) is 54.1 Å². The number of morpholine rings is 1. The fourth-order valence-electron chi connectivity index (χ4n) is 5.26. The predicted octanol–water partition coefficient (Wildman–Crippen LogP) is 4.88. The maximum atomic E-state index is 14.0. The van der Waals surface area contributed by atoms with Crippen molar-refractivity contribution < 1.29 is 35.9 Å². The Kier molecular flexibility index (Phi) is 8.79. The van der Waals surface area contributed by atoms with Crippen LogP contribution in [0.1, 0.15) is 28.0 Å². The lowest BCUT2D eigenvalue weighted by Gasteiger charge is -2.30.